The lowest BCUT2D eigenvalue weighted by Crippen LogP contribution is -2.35. The lowest BCUT2D eigenvalue weighted by molar-refractivity contribution is 0.478. The summed E-state index contributed by atoms with van der Waals surface area (Å²) in [4.78, 5) is 0. The van der Waals surface area contributed by atoms with E-state index in [-0.39, 0.29) is 0 Å². The zero-order chi connectivity index (χ0) is 13.2. The summed E-state index contributed by atoms with van der Waals surface area (Å²) in [5.41, 5.74) is 6.87. The number of hydrogen-bond acceptors (Lipinski definition) is 1. The van der Waals surface area contributed by atoms with Gasteiger partial charge in [0.15, 0.2) is 0 Å². The van der Waals surface area contributed by atoms with Gasteiger partial charge in [0, 0.05) is 11.6 Å². The van der Waals surface area contributed by atoms with E-state index >= 15 is 0 Å². The summed E-state index contributed by atoms with van der Waals surface area (Å²) in [6.45, 7) is 1.77. The molecule has 94 valence electrons. The van der Waals surface area contributed by atoms with E-state index in [0.717, 1.165) is 11.6 Å². The van der Waals surface area contributed by atoms with E-state index in [1.807, 2.05) is 30.3 Å². The first-order chi connectivity index (χ1) is 8.47. The van der Waals surface area contributed by atoms with Crippen molar-refractivity contribution in [1.82, 2.24) is 0 Å². The highest BCUT2D eigenvalue weighted by molar-refractivity contribution is 5.28. The van der Waals surface area contributed by atoms with Gasteiger partial charge in [-0.2, -0.15) is 0 Å². The molecule has 0 spiro atoms. The molecule has 3 heteroatoms. The largest absolute Gasteiger partial charge is 0.321 e. The monoisotopic (exact) mass is 247 g/mol. The molecule has 0 radical (unpaired) electrons. The van der Waals surface area contributed by atoms with Crippen LogP contribution >= 0.6 is 0 Å². The van der Waals surface area contributed by atoms with Crippen LogP contribution in [-0.2, 0) is 12.0 Å². The average molecular weight is 247 g/mol. The first-order valence-electron chi connectivity index (χ1n) is 5.77. The van der Waals surface area contributed by atoms with Gasteiger partial charge in [-0.05, 0) is 36.6 Å². The Labute approximate surface area is 105 Å². The fourth-order valence-corrected chi connectivity index (χ4v) is 2.01. The maximum absolute atomic E-state index is 13.2. The summed E-state index contributed by atoms with van der Waals surface area (Å²) >= 11 is 0. The first-order valence-corrected chi connectivity index (χ1v) is 5.77. The van der Waals surface area contributed by atoms with Gasteiger partial charge >= 0.3 is 0 Å². The Bertz CT molecular complexity index is 515. The molecule has 0 fully saturated rings. The number of hydrogen-bond donors (Lipinski definition) is 1. The lowest BCUT2D eigenvalue weighted by atomic mass is 9.86. The van der Waals surface area contributed by atoms with Crippen molar-refractivity contribution in [3.05, 3.63) is 71.3 Å². The van der Waals surface area contributed by atoms with E-state index in [9.17, 15) is 8.78 Å². The van der Waals surface area contributed by atoms with E-state index in [1.165, 1.54) is 12.1 Å². The summed E-state index contributed by atoms with van der Waals surface area (Å²) in [5.74, 6) is -1.20. The van der Waals surface area contributed by atoms with Crippen LogP contribution in [0.2, 0.25) is 0 Å². The zero-order valence-electron chi connectivity index (χ0n) is 10.2. The van der Waals surface area contributed by atoms with Gasteiger partial charge in [-0.1, -0.05) is 30.3 Å². The summed E-state index contributed by atoms with van der Waals surface area (Å²) in [7, 11) is 0. The predicted molar refractivity (Wildman–Crippen MR) is 68.0 cm³/mol. The third kappa shape index (κ3) is 2.93. The summed E-state index contributed by atoms with van der Waals surface area (Å²) < 4.78 is 26.4. The highest BCUT2D eigenvalue weighted by atomic mass is 19.1. The molecule has 0 aliphatic rings. The molecule has 0 heterocycles. The van der Waals surface area contributed by atoms with E-state index in [4.69, 9.17) is 5.73 Å². The quantitative estimate of drug-likeness (QED) is 0.884. The van der Waals surface area contributed by atoms with Crippen molar-refractivity contribution < 1.29 is 8.78 Å². The number of nitrogens with two attached hydrogens (primary N) is 1. The van der Waals surface area contributed by atoms with Crippen molar-refractivity contribution in [1.29, 1.82) is 0 Å². The minimum absolute atomic E-state index is 0.462. The Morgan fingerprint density at radius 3 is 2.11 bits per heavy atom. The van der Waals surface area contributed by atoms with Gasteiger partial charge < -0.3 is 5.73 Å². The van der Waals surface area contributed by atoms with Crippen LogP contribution in [-0.4, -0.2) is 0 Å². The van der Waals surface area contributed by atoms with Gasteiger partial charge in [0.2, 0.25) is 0 Å². The van der Waals surface area contributed by atoms with Crippen LogP contribution in [0.4, 0.5) is 8.78 Å². The van der Waals surface area contributed by atoms with Crippen LogP contribution in [0.3, 0.4) is 0 Å². The van der Waals surface area contributed by atoms with E-state index in [0.29, 0.717) is 12.0 Å². The minimum Gasteiger partial charge on any atom is -0.321 e. The molecule has 18 heavy (non-hydrogen) atoms. The van der Waals surface area contributed by atoms with Crippen molar-refractivity contribution in [2.24, 2.45) is 5.73 Å². The maximum atomic E-state index is 13.2. The van der Waals surface area contributed by atoms with Crippen molar-refractivity contribution in [3.8, 4) is 0 Å². The van der Waals surface area contributed by atoms with Crippen LogP contribution in [0.15, 0.2) is 48.5 Å². The minimum atomic E-state index is -0.801. The Morgan fingerprint density at radius 1 is 1.00 bits per heavy atom. The van der Waals surface area contributed by atoms with Gasteiger partial charge in [-0.3, -0.25) is 0 Å². The molecular formula is C15H15F2N. The van der Waals surface area contributed by atoms with Crippen LogP contribution in [0, 0.1) is 11.6 Å². The topological polar surface area (TPSA) is 26.0 Å². The Hall–Kier alpha value is -1.74. The Kier molecular flexibility index (Phi) is 3.43. The van der Waals surface area contributed by atoms with Gasteiger partial charge in [0.05, 0.1) is 0 Å². The molecule has 0 saturated carbocycles. The molecule has 0 saturated heterocycles. The molecule has 2 aromatic carbocycles. The summed E-state index contributed by atoms with van der Waals surface area (Å²) in [6, 6.07) is 13.1. The third-order valence-corrected chi connectivity index (χ3v) is 2.94. The highest BCUT2D eigenvalue weighted by Crippen LogP contribution is 2.24. The molecule has 1 unspecified atom stereocenters. The molecular weight excluding hydrogens is 232 g/mol. The number of benzene rings is 2. The van der Waals surface area contributed by atoms with Crippen LogP contribution < -0.4 is 5.73 Å². The molecule has 2 aromatic rings. The lowest BCUT2D eigenvalue weighted by Gasteiger charge is -2.25. The average Bonchev–Trinajstić information content (AvgIpc) is 2.28. The Balaban J connectivity index is 2.30. The molecule has 2 rings (SSSR count). The smallest absolute Gasteiger partial charge is 0.126 e. The van der Waals surface area contributed by atoms with Gasteiger partial charge in [-0.15, -0.1) is 0 Å². The van der Waals surface area contributed by atoms with Crippen LogP contribution in [0.1, 0.15) is 18.1 Å². The number of halogens is 2. The zero-order valence-corrected chi connectivity index (χ0v) is 10.2. The predicted octanol–water partition coefficient (Wildman–Crippen LogP) is 3.38. The molecule has 2 N–H and O–H groups in total. The van der Waals surface area contributed by atoms with E-state index in [2.05, 4.69) is 0 Å². The van der Waals surface area contributed by atoms with Crippen molar-refractivity contribution >= 4 is 0 Å². The Morgan fingerprint density at radius 2 is 1.56 bits per heavy atom. The molecule has 0 aromatic heterocycles. The fraction of sp³-hybridized carbons (Fsp3) is 0.200. The molecule has 1 nitrogen and oxygen atoms in total. The molecule has 1 atom stereocenters. The summed E-state index contributed by atoms with van der Waals surface area (Å²) in [5, 5.41) is 0. The second-order valence-corrected chi connectivity index (χ2v) is 4.74. The van der Waals surface area contributed by atoms with E-state index < -0.39 is 17.2 Å². The molecule has 0 bridgehead atoms. The van der Waals surface area contributed by atoms with Crippen LogP contribution in [0.25, 0.3) is 0 Å². The van der Waals surface area contributed by atoms with Crippen molar-refractivity contribution in [3.63, 3.8) is 0 Å². The van der Waals surface area contributed by atoms with Crippen molar-refractivity contribution in [2.75, 3.05) is 0 Å². The van der Waals surface area contributed by atoms with Gasteiger partial charge in [0.25, 0.3) is 0 Å². The fourth-order valence-electron chi connectivity index (χ4n) is 2.01. The van der Waals surface area contributed by atoms with Crippen LogP contribution in [0.5, 0.6) is 0 Å². The van der Waals surface area contributed by atoms with Gasteiger partial charge in [-0.25, -0.2) is 8.78 Å². The third-order valence-electron chi connectivity index (χ3n) is 2.94. The molecule has 0 aliphatic carbocycles. The van der Waals surface area contributed by atoms with Gasteiger partial charge in [0.1, 0.15) is 11.6 Å². The highest BCUT2D eigenvalue weighted by Gasteiger charge is 2.23. The normalized spacial score (nSPS) is 14.2. The second kappa shape index (κ2) is 4.86. The SMILES string of the molecule is CC(N)(Cc1ccccc1)c1cc(F)cc(F)c1. The summed E-state index contributed by atoms with van der Waals surface area (Å²) in [6.07, 6.45) is 0.525. The maximum Gasteiger partial charge on any atom is 0.126 e. The van der Waals surface area contributed by atoms with Crippen molar-refractivity contribution in [2.45, 2.75) is 18.9 Å². The standard InChI is InChI=1S/C15H15F2N/c1-15(18,10-11-5-3-2-4-6-11)12-7-13(16)9-14(17)8-12/h2-9H,10,18H2,1H3. The number of rotatable bonds is 3. The molecule has 0 amide bonds. The first kappa shape index (κ1) is 12.7. The second-order valence-electron chi connectivity index (χ2n) is 4.74. The molecule has 0 aliphatic heterocycles. The van der Waals surface area contributed by atoms with E-state index in [1.54, 1.807) is 6.92 Å².